The maximum absolute atomic E-state index is 12.6. The first kappa shape index (κ1) is 22.0. The molecule has 0 saturated carbocycles. The van der Waals surface area contributed by atoms with E-state index in [4.69, 9.17) is 21.1 Å². The second-order valence-corrected chi connectivity index (χ2v) is 7.24. The van der Waals surface area contributed by atoms with Crippen LogP contribution in [-0.2, 0) is 4.79 Å². The molecule has 31 heavy (non-hydrogen) atoms. The number of ether oxygens (including phenoxy) is 2. The predicted octanol–water partition coefficient (Wildman–Crippen LogP) is 5.31. The SMILES string of the molecule is COc1ccc(NC(=O)/C(C#N)=C/c2cc(C)n(-c3ccc(OC)c(Cl)c3)c2C)cc1. The number of aryl methyl sites for hydroxylation is 1. The van der Waals surface area contributed by atoms with Gasteiger partial charge in [0.2, 0.25) is 0 Å². The number of nitriles is 1. The summed E-state index contributed by atoms with van der Waals surface area (Å²) in [4.78, 5) is 12.6. The van der Waals surface area contributed by atoms with Gasteiger partial charge in [0, 0.05) is 22.8 Å². The molecular formula is C24H22ClN3O3. The largest absolute Gasteiger partial charge is 0.497 e. The van der Waals surface area contributed by atoms with Crippen molar-refractivity contribution in [2.75, 3.05) is 19.5 Å². The average Bonchev–Trinajstić information content (AvgIpc) is 3.05. The van der Waals surface area contributed by atoms with Gasteiger partial charge in [-0.25, -0.2) is 0 Å². The molecule has 1 amide bonds. The summed E-state index contributed by atoms with van der Waals surface area (Å²) in [5.41, 5.74) is 4.03. The molecule has 2 aromatic carbocycles. The number of nitrogens with one attached hydrogen (secondary N) is 1. The number of methoxy groups -OCH3 is 2. The van der Waals surface area contributed by atoms with E-state index >= 15 is 0 Å². The van der Waals surface area contributed by atoms with Crippen LogP contribution in [0, 0.1) is 25.2 Å². The van der Waals surface area contributed by atoms with Gasteiger partial charge in [-0.15, -0.1) is 0 Å². The molecule has 0 aliphatic carbocycles. The third kappa shape index (κ3) is 4.73. The van der Waals surface area contributed by atoms with Gasteiger partial charge in [-0.1, -0.05) is 11.6 Å². The highest BCUT2D eigenvalue weighted by Crippen LogP contribution is 2.30. The number of carbonyl (C=O) groups excluding carboxylic acids is 1. The van der Waals surface area contributed by atoms with Crippen LogP contribution in [0.25, 0.3) is 11.8 Å². The van der Waals surface area contributed by atoms with Gasteiger partial charge in [0.05, 0.1) is 19.2 Å². The Bertz CT molecular complexity index is 1190. The van der Waals surface area contributed by atoms with Crippen molar-refractivity contribution in [3.05, 3.63) is 76.1 Å². The number of hydrogen-bond acceptors (Lipinski definition) is 4. The van der Waals surface area contributed by atoms with Gasteiger partial charge in [0.1, 0.15) is 23.1 Å². The standard InChI is InChI=1S/C24H22ClN3O3/c1-15-11-17(16(2)28(15)20-7-10-23(31-4)22(25)13-20)12-18(14-26)24(29)27-19-5-8-21(30-3)9-6-19/h5-13H,1-4H3,(H,27,29)/b18-12+. The van der Waals surface area contributed by atoms with Gasteiger partial charge in [-0.2, -0.15) is 5.26 Å². The maximum Gasteiger partial charge on any atom is 0.266 e. The predicted molar refractivity (Wildman–Crippen MR) is 122 cm³/mol. The first-order valence-electron chi connectivity index (χ1n) is 9.48. The lowest BCUT2D eigenvalue weighted by molar-refractivity contribution is -0.112. The zero-order chi connectivity index (χ0) is 22.5. The van der Waals surface area contributed by atoms with Crippen LogP contribution in [0.15, 0.2) is 54.1 Å². The highest BCUT2D eigenvalue weighted by atomic mass is 35.5. The fourth-order valence-electron chi connectivity index (χ4n) is 3.30. The van der Waals surface area contributed by atoms with Crippen LogP contribution in [0.2, 0.25) is 5.02 Å². The number of amides is 1. The van der Waals surface area contributed by atoms with E-state index < -0.39 is 5.91 Å². The molecule has 0 fully saturated rings. The third-order valence-electron chi connectivity index (χ3n) is 4.88. The number of anilines is 1. The topological polar surface area (TPSA) is 76.3 Å². The minimum Gasteiger partial charge on any atom is -0.497 e. The van der Waals surface area contributed by atoms with Crippen molar-refractivity contribution < 1.29 is 14.3 Å². The van der Waals surface area contributed by atoms with Crippen molar-refractivity contribution in [3.8, 4) is 23.3 Å². The Morgan fingerprint density at radius 1 is 1.10 bits per heavy atom. The summed E-state index contributed by atoms with van der Waals surface area (Å²) in [5, 5.41) is 12.8. The first-order chi connectivity index (χ1) is 14.9. The quantitative estimate of drug-likeness (QED) is 0.420. The van der Waals surface area contributed by atoms with E-state index in [1.807, 2.05) is 42.7 Å². The van der Waals surface area contributed by atoms with Crippen LogP contribution < -0.4 is 14.8 Å². The van der Waals surface area contributed by atoms with E-state index in [1.54, 1.807) is 50.6 Å². The monoisotopic (exact) mass is 435 g/mol. The molecule has 7 heteroatoms. The van der Waals surface area contributed by atoms with Crippen molar-refractivity contribution >= 4 is 29.3 Å². The van der Waals surface area contributed by atoms with Crippen molar-refractivity contribution in [1.82, 2.24) is 4.57 Å². The minimum atomic E-state index is -0.482. The summed E-state index contributed by atoms with van der Waals surface area (Å²) in [6.07, 6.45) is 1.59. The zero-order valence-corrected chi connectivity index (χ0v) is 18.4. The van der Waals surface area contributed by atoms with E-state index in [2.05, 4.69) is 5.32 Å². The summed E-state index contributed by atoms with van der Waals surface area (Å²) in [5.74, 6) is 0.792. The Morgan fingerprint density at radius 2 is 1.81 bits per heavy atom. The van der Waals surface area contributed by atoms with E-state index in [9.17, 15) is 10.1 Å². The van der Waals surface area contributed by atoms with Gasteiger partial charge in [-0.3, -0.25) is 4.79 Å². The number of hydrogen-bond donors (Lipinski definition) is 1. The molecule has 158 valence electrons. The smallest absolute Gasteiger partial charge is 0.266 e. The van der Waals surface area contributed by atoms with Gasteiger partial charge < -0.3 is 19.4 Å². The van der Waals surface area contributed by atoms with Gasteiger partial charge in [0.25, 0.3) is 5.91 Å². The van der Waals surface area contributed by atoms with E-state index in [-0.39, 0.29) is 5.57 Å². The summed E-state index contributed by atoms with van der Waals surface area (Å²) < 4.78 is 12.3. The van der Waals surface area contributed by atoms with Crippen molar-refractivity contribution in [3.63, 3.8) is 0 Å². The Hall–Kier alpha value is -3.69. The Balaban J connectivity index is 1.90. The molecule has 0 radical (unpaired) electrons. The first-order valence-corrected chi connectivity index (χ1v) is 9.85. The average molecular weight is 436 g/mol. The molecule has 6 nitrogen and oxygen atoms in total. The minimum absolute atomic E-state index is 0.00355. The van der Waals surface area contributed by atoms with Gasteiger partial charge >= 0.3 is 0 Å². The Kier molecular flexibility index (Phi) is 6.68. The van der Waals surface area contributed by atoms with Crippen LogP contribution in [0.1, 0.15) is 17.0 Å². The molecule has 0 aliphatic rings. The van der Waals surface area contributed by atoms with Crippen molar-refractivity contribution in [2.24, 2.45) is 0 Å². The molecule has 0 spiro atoms. The summed E-state index contributed by atoms with van der Waals surface area (Å²) in [6.45, 7) is 3.87. The molecular weight excluding hydrogens is 414 g/mol. The number of benzene rings is 2. The lowest BCUT2D eigenvalue weighted by Gasteiger charge is -2.12. The highest BCUT2D eigenvalue weighted by Gasteiger charge is 2.15. The number of nitrogens with zero attached hydrogens (tertiary/aromatic N) is 2. The highest BCUT2D eigenvalue weighted by molar-refractivity contribution is 6.32. The lowest BCUT2D eigenvalue weighted by Crippen LogP contribution is -2.13. The number of rotatable bonds is 6. The number of aromatic nitrogens is 1. The van der Waals surface area contributed by atoms with Crippen molar-refractivity contribution in [2.45, 2.75) is 13.8 Å². The molecule has 3 rings (SSSR count). The summed E-state index contributed by atoms with van der Waals surface area (Å²) in [7, 11) is 3.14. The maximum atomic E-state index is 12.6. The van der Waals surface area contributed by atoms with E-state index in [1.165, 1.54) is 0 Å². The molecule has 1 aromatic heterocycles. The molecule has 3 aromatic rings. The van der Waals surface area contributed by atoms with E-state index in [0.29, 0.717) is 22.2 Å². The van der Waals surface area contributed by atoms with Crippen LogP contribution in [-0.4, -0.2) is 24.7 Å². The Morgan fingerprint density at radius 3 is 2.39 bits per heavy atom. The summed E-state index contributed by atoms with van der Waals surface area (Å²) >= 11 is 6.28. The van der Waals surface area contributed by atoms with Crippen LogP contribution >= 0.6 is 11.6 Å². The number of halogens is 1. The number of carbonyl (C=O) groups is 1. The molecule has 1 heterocycles. The molecule has 0 atom stereocenters. The molecule has 1 N–H and O–H groups in total. The van der Waals surface area contributed by atoms with E-state index in [0.717, 1.165) is 22.6 Å². The molecule has 0 aliphatic heterocycles. The van der Waals surface area contributed by atoms with Crippen LogP contribution in [0.5, 0.6) is 11.5 Å². The van der Waals surface area contributed by atoms with Crippen LogP contribution in [0.3, 0.4) is 0 Å². The van der Waals surface area contributed by atoms with Gasteiger partial charge in [0.15, 0.2) is 0 Å². The van der Waals surface area contributed by atoms with Crippen molar-refractivity contribution in [1.29, 1.82) is 5.26 Å². The molecule has 0 saturated heterocycles. The van der Waals surface area contributed by atoms with Crippen LogP contribution in [0.4, 0.5) is 5.69 Å². The second-order valence-electron chi connectivity index (χ2n) is 6.83. The lowest BCUT2D eigenvalue weighted by atomic mass is 10.1. The zero-order valence-electron chi connectivity index (χ0n) is 17.7. The molecule has 0 bridgehead atoms. The normalized spacial score (nSPS) is 11.0. The Labute approximate surface area is 186 Å². The van der Waals surface area contributed by atoms with Gasteiger partial charge in [-0.05, 0) is 74.0 Å². The summed E-state index contributed by atoms with van der Waals surface area (Å²) in [6, 6.07) is 16.3. The fourth-order valence-corrected chi connectivity index (χ4v) is 3.55. The second kappa shape index (κ2) is 9.41. The molecule has 0 unspecified atom stereocenters. The third-order valence-corrected chi connectivity index (χ3v) is 5.17. The fraction of sp³-hybridized carbons (Fsp3) is 0.167.